The van der Waals surface area contributed by atoms with Crippen molar-refractivity contribution in [2.24, 2.45) is 0 Å². The van der Waals surface area contributed by atoms with E-state index in [1.165, 1.54) is 13.0 Å². The summed E-state index contributed by atoms with van der Waals surface area (Å²) in [5.41, 5.74) is 6.70. The Bertz CT molecular complexity index is 582. The van der Waals surface area contributed by atoms with Gasteiger partial charge in [-0.05, 0) is 37.1 Å². The maximum Gasteiger partial charge on any atom is 0.402 e. The van der Waals surface area contributed by atoms with E-state index in [0.29, 0.717) is 5.56 Å². The lowest BCUT2D eigenvalue weighted by Gasteiger charge is -2.20. The van der Waals surface area contributed by atoms with Gasteiger partial charge in [0.15, 0.2) is 0 Å². The van der Waals surface area contributed by atoms with Gasteiger partial charge in [0.2, 0.25) is 10.0 Å². The number of halogens is 3. The van der Waals surface area contributed by atoms with E-state index in [1.807, 2.05) is 0 Å². The molecule has 108 valence electrons. The highest BCUT2D eigenvalue weighted by atomic mass is 32.2. The van der Waals surface area contributed by atoms with Crippen molar-refractivity contribution in [3.8, 4) is 0 Å². The minimum atomic E-state index is -4.59. The summed E-state index contributed by atoms with van der Waals surface area (Å²) in [6.07, 6.45) is -4.59. The van der Waals surface area contributed by atoms with Crippen molar-refractivity contribution in [3.63, 3.8) is 0 Å². The summed E-state index contributed by atoms with van der Waals surface area (Å²) in [4.78, 5) is -0.197. The average molecular weight is 296 g/mol. The maximum atomic E-state index is 12.3. The number of nitrogens with zero attached hydrogens (tertiary/aromatic N) is 1. The molecule has 0 unspecified atom stereocenters. The number of hydrogen-bond donors (Lipinski definition) is 1. The number of sulfonamides is 1. The van der Waals surface area contributed by atoms with E-state index in [4.69, 9.17) is 5.73 Å². The predicted molar refractivity (Wildman–Crippen MR) is 66.2 cm³/mol. The number of alkyl halides is 3. The first-order chi connectivity index (χ1) is 8.45. The van der Waals surface area contributed by atoms with Crippen molar-refractivity contribution in [3.05, 3.63) is 23.3 Å². The lowest BCUT2D eigenvalue weighted by atomic mass is 10.1. The quantitative estimate of drug-likeness (QED) is 0.868. The normalized spacial score (nSPS) is 13.0. The molecule has 0 saturated heterocycles. The van der Waals surface area contributed by atoms with Gasteiger partial charge in [-0.15, -0.1) is 0 Å². The van der Waals surface area contributed by atoms with Gasteiger partial charge in [0, 0.05) is 12.7 Å². The number of benzene rings is 1. The SMILES string of the molecule is Cc1cc(N)c(C)c(S(=O)(=O)N(C)CC(F)(F)F)c1. The van der Waals surface area contributed by atoms with Gasteiger partial charge in [0.25, 0.3) is 0 Å². The van der Waals surface area contributed by atoms with Crippen molar-refractivity contribution < 1.29 is 21.6 Å². The largest absolute Gasteiger partial charge is 0.402 e. The lowest BCUT2D eigenvalue weighted by molar-refractivity contribution is -0.134. The molecule has 1 rings (SSSR count). The Morgan fingerprint density at radius 1 is 1.26 bits per heavy atom. The molecule has 0 aliphatic heterocycles. The molecule has 4 nitrogen and oxygen atoms in total. The summed E-state index contributed by atoms with van der Waals surface area (Å²) in [6, 6.07) is 2.88. The highest BCUT2D eigenvalue weighted by Crippen LogP contribution is 2.27. The highest BCUT2D eigenvalue weighted by Gasteiger charge is 2.35. The van der Waals surface area contributed by atoms with Crippen LogP contribution < -0.4 is 5.73 Å². The van der Waals surface area contributed by atoms with Gasteiger partial charge in [-0.2, -0.15) is 17.5 Å². The molecule has 0 saturated carbocycles. The molecule has 2 N–H and O–H groups in total. The summed E-state index contributed by atoms with van der Waals surface area (Å²) in [7, 11) is -3.32. The van der Waals surface area contributed by atoms with Crippen LogP contribution in [0.15, 0.2) is 17.0 Å². The molecule has 0 aliphatic carbocycles. The zero-order chi connectivity index (χ0) is 15.0. The Morgan fingerprint density at radius 2 is 1.79 bits per heavy atom. The highest BCUT2D eigenvalue weighted by molar-refractivity contribution is 7.89. The van der Waals surface area contributed by atoms with Gasteiger partial charge in [-0.25, -0.2) is 8.42 Å². The molecular weight excluding hydrogens is 281 g/mol. The zero-order valence-electron chi connectivity index (χ0n) is 10.7. The molecule has 0 aliphatic rings. The second-order valence-corrected chi connectivity index (χ2v) is 6.37. The molecule has 8 heteroatoms. The topological polar surface area (TPSA) is 63.4 Å². The summed E-state index contributed by atoms with van der Waals surface area (Å²) < 4.78 is 61.3. The van der Waals surface area contributed by atoms with Crippen LogP contribution in [0.1, 0.15) is 11.1 Å². The van der Waals surface area contributed by atoms with E-state index in [2.05, 4.69) is 0 Å². The van der Waals surface area contributed by atoms with Crippen molar-refractivity contribution in [2.45, 2.75) is 24.9 Å². The third-order valence-corrected chi connectivity index (χ3v) is 4.56. The van der Waals surface area contributed by atoms with E-state index < -0.39 is 22.7 Å². The summed E-state index contributed by atoms with van der Waals surface area (Å²) >= 11 is 0. The summed E-state index contributed by atoms with van der Waals surface area (Å²) in [6.45, 7) is 1.55. The third-order valence-electron chi connectivity index (χ3n) is 2.63. The Hall–Kier alpha value is -1.28. The van der Waals surface area contributed by atoms with Gasteiger partial charge < -0.3 is 5.73 Å². The van der Waals surface area contributed by atoms with E-state index in [0.717, 1.165) is 7.05 Å². The Kier molecular flexibility index (Phi) is 4.16. The van der Waals surface area contributed by atoms with Crippen molar-refractivity contribution >= 4 is 15.7 Å². The van der Waals surface area contributed by atoms with E-state index >= 15 is 0 Å². The lowest BCUT2D eigenvalue weighted by Crippen LogP contribution is -2.36. The third kappa shape index (κ3) is 3.60. The fraction of sp³-hybridized carbons (Fsp3) is 0.455. The van der Waals surface area contributed by atoms with Gasteiger partial charge >= 0.3 is 6.18 Å². The second-order valence-electron chi connectivity index (χ2n) is 4.35. The number of anilines is 1. The van der Waals surface area contributed by atoms with Crippen LogP contribution in [0.4, 0.5) is 18.9 Å². The smallest absolute Gasteiger partial charge is 0.398 e. The number of nitrogens with two attached hydrogens (primary N) is 1. The standard InChI is InChI=1S/C11H15F3N2O2S/c1-7-4-9(15)8(2)10(5-7)19(17,18)16(3)6-11(12,13)14/h4-5H,6,15H2,1-3H3. The Balaban J connectivity index is 3.28. The second kappa shape index (κ2) is 5.01. The Morgan fingerprint density at radius 3 is 2.26 bits per heavy atom. The number of nitrogen functional groups attached to an aromatic ring is 1. The van der Waals surface area contributed by atoms with Crippen LogP contribution in [-0.2, 0) is 10.0 Å². The van der Waals surface area contributed by atoms with Gasteiger partial charge in [0.1, 0.15) is 6.54 Å². The molecule has 19 heavy (non-hydrogen) atoms. The van der Waals surface area contributed by atoms with Crippen molar-refractivity contribution in [1.29, 1.82) is 0 Å². The summed E-state index contributed by atoms with van der Waals surface area (Å²) in [5.74, 6) is 0. The van der Waals surface area contributed by atoms with E-state index in [9.17, 15) is 21.6 Å². The van der Waals surface area contributed by atoms with Gasteiger partial charge in [0.05, 0.1) is 4.90 Å². The molecule has 0 fully saturated rings. The molecule has 0 atom stereocenters. The fourth-order valence-electron chi connectivity index (χ4n) is 1.63. The first kappa shape index (κ1) is 15.8. The van der Waals surface area contributed by atoms with Gasteiger partial charge in [-0.1, -0.05) is 0 Å². The van der Waals surface area contributed by atoms with Gasteiger partial charge in [-0.3, -0.25) is 0 Å². The molecule has 0 aromatic heterocycles. The van der Waals surface area contributed by atoms with E-state index in [-0.39, 0.29) is 20.5 Å². The van der Waals surface area contributed by atoms with Crippen LogP contribution in [0.5, 0.6) is 0 Å². The zero-order valence-corrected chi connectivity index (χ0v) is 11.6. The van der Waals surface area contributed by atoms with Crippen LogP contribution in [-0.4, -0.2) is 32.5 Å². The Labute approximate surface area is 110 Å². The molecule has 0 amide bonds. The molecule has 1 aromatic carbocycles. The number of rotatable bonds is 3. The summed E-state index contributed by atoms with van der Waals surface area (Å²) in [5, 5.41) is 0. The minimum absolute atomic E-state index is 0.197. The molecule has 1 aromatic rings. The van der Waals surface area contributed by atoms with Crippen LogP contribution in [0.3, 0.4) is 0 Å². The molecule has 0 heterocycles. The average Bonchev–Trinajstić information content (AvgIpc) is 2.20. The van der Waals surface area contributed by atoms with Crippen molar-refractivity contribution in [2.75, 3.05) is 19.3 Å². The predicted octanol–water partition coefficient (Wildman–Crippen LogP) is 2.07. The number of hydrogen-bond acceptors (Lipinski definition) is 3. The molecular formula is C11H15F3N2O2S. The van der Waals surface area contributed by atoms with Crippen LogP contribution in [0.2, 0.25) is 0 Å². The van der Waals surface area contributed by atoms with Crippen LogP contribution in [0.25, 0.3) is 0 Å². The first-order valence-corrected chi connectivity index (χ1v) is 6.79. The fourth-order valence-corrected chi connectivity index (χ4v) is 3.12. The van der Waals surface area contributed by atoms with Crippen LogP contribution >= 0.6 is 0 Å². The molecule has 0 bridgehead atoms. The maximum absolute atomic E-state index is 12.3. The van der Waals surface area contributed by atoms with Crippen LogP contribution in [0, 0.1) is 13.8 Å². The first-order valence-electron chi connectivity index (χ1n) is 5.35. The monoisotopic (exact) mass is 296 g/mol. The van der Waals surface area contributed by atoms with E-state index in [1.54, 1.807) is 13.0 Å². The number of aryl methyl sites for hydroxylation is 1. The molecule has 0 spiro atoms. The van der Waals surface area contributed by atoms with Crippen molar-refractivity contribution in [1.82, 2.24) is 4.31 Å². The minimum Gasteiger partial charge on any atom is -0.398 e. The molecule has 0 radical (unpaired) electrons.